The number of anilines is 2. The number of aryl methyl sites for hydroxylation is 2. The molecule has 2 aromatic carbocycles. The van der Waals surface area contributed by atoms with Crippen LogP contribution >= 0.6 is 0 Å². The fraction of sp³-hybridized carbons (Fsp3) is 0.462. The molecule has 2 N–H and O–H groups in total. The standard InChI is InChI=1S/C26H32N2O2/c1-25(2)15-21(25)23(29)27-19-11-7-17(8-12-19)5-6-18-9-13-20(14-10-18)28-24(30)22-16-26(22,3)4/h7-14,21-22H,5-6,15-16H2,1-4H3,(H,27,29)(H,28,30). The van der Waals surface area contributed by atoms with E-state index in [2.05, 4.69) is 62.6 Å². The SMILES string of the molecule is CC1(C)CC1C(=O)Nc1ccc(CCc2ccc(NC(=O)C3CC3(C)C)cc2)cc1. The van der Waals surface area contributed by atoms with E-state index in [0.717, 1.165) is 37.1 Å². The highest BCUT2D eigenvalue weighted by Gasteiger charge is 2.51. The molecule has 4 nitrogen and oxygen atoms in total. The second kappa shape index (κ2) is 7.57. The van der Waals surface area contributed by atoms with E-state index in [1.54, 1.807) is 0 Å². The van der Waals surface area contributed by atoms with Gasteiger partial charge in [-0.25, -0.2) is 0 Å². The van der Waals surface area contributed by atoms with Crippen molar-refractivity contribution >= 4 is 23.2 Å². The van der Waals surface area contributed by atoms with Gasteiger partial charge >= 0.3 is 0 Å². The van der Waals surface area contributed by atoms with Gasteiger partial charge in [-0.1, -0.05) is 52.0 Å². The summed E-state index contributed by atoms with van der Waals surface area (Å²) in [5.41, 5.74) is 4.52. The Hall–Kier alpha value is -2.62. The number of carbonyl (C=O) groups is 2. The lowest BCUT2D eigenvalue weighted by Gasteiger charge is -2.09. The maximum absolute atomic E-state index is 12.2. The van der Waals surface area contributed by atoms with Crippen molar-refractivity contribution in [2.45, 2.75) is 53.4 Å². The van der Waals surface area contributed by atoms with Crippen LogP contribution < -0.4 is 10.6 Å². The molecule has 2 aromatic rings. The van der Waals surface area contributed by atoms with Crippen LogP contribution in [0.15, 0.2) is 48.5 Å². The van der Waals surface area contributed by atoms with Gasteiger partial charge in [-0.15, -0.1) is 0 Å². The Balaban J connectivity index is 1.24. The average molecular weight is 405 g/mol. The highest BCUT2D eigenvalue weighted by Crippen LogP contribution is 2.52. The summed E-state index contributed by atoms with van der Waals surface area (Å²) in [6.45, 7) is 8.53. The minimum absolute atomic E-state index is 0.130. The van der Waals surface area contributed by atoms with Crippen molar-refractivity contribution in [1.82, 2.24) is 0 Å². The van der Waals surface area contributed by atoms with Crippen LogP contribution in [0.25, 0.3) is 0 Å². The summed E-state index contributed by atoms with van der Waals surface area (Å²) < 4.78 is 0. The fourth-order valence-corrected chi connectivity index (χ4v) is 4.09. The van der Waals surface area contributed by atoms with Gasteiger partial charge in [0.05, 0.1) is 0 Å². The second-order valence-corrected chi connectivity index (χ2v) is 10.4. The highest BCUT2D eigenvalue weighted by atomic mass is 16.2. The molecule has 2 fully saturated rings. The summed E-state index contributed by atoms with van der Waals surface area (Å²) in [5.74, 6) is 0.539. The molecule has 2 aliphatic rings. The van der Waals surface area contributed by atoms with E-state index >= 15 is 0 Å². The van der Waals surface area contributed by atoms with Crippen LogP contribution in [0.4, 0.5) is 11.4 Å². The van der Waals surface area contributed by atoms with E-state index in [1.165, 1.54) is 11.1 Å². The summed E-state index contributed by atoms with van der Waals surface area (Å²) in [6, 6.07) is 16.3. The molecule has 0 aliphatic heterocycles. The van der Waals surface area contributed by atoms with Crippen LogP contribution in [0.1, 0.15) is 51.7 Å². The first kappa shape index (κ1) is 20.6. The minimum atomic E-state index is 0.130. The lowest BCUT2D eigenvalue weighted by Crippen LogP contribution is -2.16. The zero-order valence-electron chi connectivity index (χ0n) is 18.4. The molecule has 2 saturated carbocycles. The number of hydrogen-bond donors (Lipinski definition) is 2. The number of amides is 2. The molecule has 0 heterocycles. The molecule has 0 saturated heterocycles. The minimum Gasteiger partial charge on any atom is -0.326 e. The highest BCUT2D eigenvalue weighted by molar-refractivity contribution is 5.95. The third-order valence-corrected chi connectivity index (χ3v) is 6.81. The number of benzene rings is 2. The molecular formula is C26H32N2O2. The molecule has 0 aromatic heterocycles. The van der Waals surface area contributed by atoms with Crippen LogP contribution in [-0.2, 0) is 22.4 Å². The van der Waals surface area contributed by atoms with Crippen molar-refractivity contribution in [3.8, 4) is 0 Å². The number of hydrogen-bond acceptors (Lipinski definition) is 2. The Morgan fingerprint density at radius 2 is 1.00 bits per heavy atom. The Kier molecular flexibility index (Phi) is 5.21. The molecule has 2 unspecified atom stereocenters. The van der Waals surface area contributed by atoms with E-state index in [0.29, 0.717) is 0 Å². The van der Waals surface area contributed by atoms with Gasteiger partial charge in [-0.2, -0.15) is 0 Å². The largest absolute Gasteiger partial charge is 0.326 e. The molecule has 2 atom stereocenters. The first-order valence-electron chi connectivity index (χ1n) is 10.9. The maximum Gasteiger partial charge on any atom is 0.228 e. The van der Waals surface area contributed by atoms with E-state index in [9.17, 15) is 9.59 Å². The summed E-state index contributed by atoms with van der Waals surface area (Å²) in [7, 11) is 0. The normalized spacial score (nSPS) is 22.8. The molecule has 4 heteroatoms. The van der Waals surface area contributed by atoms with E-state index in [-0.39, 0.29) is 34.5 Å². The van der Waals surface area contributed by atoms with Gasteiger partial charge in [0, 0.05) is 23.2 Å². The van der Waals surface area contributed by atoms with E-state index in [4.69, 9.17) is 0 Å². The summed E-state index contributed by atoms with van der Waals surface area (Å²) in [5, 5.41) is 6.05. The van der Waals surface area contributed by atoms with Crippen molar-refractivity contribution in [3.05, 3.63) is 59.7 Å². The van der Waals surface area contributed by atoms with Gasteiger partial charge in [-0.3, -0.25) is 9.59 Å². The molecular weight excluding hydrogens is 372 g/mol. The monoisotopic (exact) mass is 404 g/mol. The molecule has 30 heavy (non-hydrogen) atoms. The Labute approximate surface area is 179 Å². The van der Waals surface area contributed by atoms with Gasteiger partial charge in [0.1, 0.15) is 0 Å². The van der Waals surface area contributed by atoms with Gasteiger partial charge in [0.2, 0.25) is 11.8 Å². The number of rotatable bonds is 7. The van der Waals surface area contributed by atoms with Gasteiger partial charge in [0.15, 0.2) is 0 Å². The van der Waals surface area contributed by atoms with Gasteiger partial charge in [-0.05, 0) is 71.9 Å². The quantitative estimate of drug-likeness (QED) is 0.645. The molecule has 0 radical (unpaired) electrons. The molecule has 2 amide bonds. The third kappa shape index (κ3) is 4.75. The molecule has 2 aliphatic carbocycles. The zero-order valence-corrected chi connectivity index (χ0v) is 18.4. The fourth-order valence-electron chi connectivity index (χ4n) is 4.09. The maximum atomic E-state index is 12.2. The van der Waals surface area contributed by atoms with Crippen molar-refractivity contribution in [1.29, 1.82) is 0 Å². The van der Waals surface area contributed by atoms with Crippen molar-refractivity contribution in [2.24, 2.45) is 22.7 Å². The van der Waals surface area contributed by atoms with Crippen LogP contribution in [0.3, 0.4) is 0 Å². The lowest BCUT2D eigenvalue weighted by atomic mass is 10.0. The van der Waals surface area contributed by atoms with Gasteiger partial charge in [0.25, 0.3) is 0 Å². The zero-order chi connectivity index (χ0) is 21.5. The molecule has 158 valence electrons. The number of carbonyl (C=O) groups excluding carboxylic acids is 2. The van der Waals surface area contributed by atoms with Crippen molar-refractivity contribution < 1.29 is 9.59 Å². The summed E-state index contributed by atoms with van der Waals surface area (Å²) in [4.78, 5) is 24.4. The smallest absolute Gasteiger partial charge is 0.228 e. The molecule has 0 bridgehead atoms. The van der Waals surface area contributed by atoms with E-state index < -0.39 is 0 Å². The van der Waals surface area contributed by atoms with Crippen LogP contribution in [0, 0.1) is 22.7 Å². The average Bonchev–Trinajstić information content (AvgIpc) is 3.55. The number of nitrogens with one attached hydrogen (secondary N) is 2. The third-order valence-electron chi connectivity index (χ3n) is 6.81. The Morgan fingerprint density at radius 1 is 0.700 bits per heavy atom. The van der Waals surface area contributed by atoms with Crippen LogP contribution in [0.2, 0.25) is 0 Å². The Bertz CT molecular complexity index is 863. The predicted molar refractivity (Wildman–Crippen MR) is 121 cm³/mol. The van der Waals surface area contributed by atoms with Crippen molar-refractivity contribution in [3.63, 3.8) is 0 Å². The predicted octanol–water partition coefficient (Wildman–Crippen LogP) is 5.44. The van der Waals surface area contributed by atoms with Crippen LogP contribution in [0.5, 0.6) is 0 Å². The molecule has 0 spiro atoms. The van der Waals surface area contributed by atoms with Gasteiger partial charge < -0.3 is 10.6 Å². The summed E-state index contributed by atoms with van der Waals surface area (Å²) in [6.07, 6.45) is 3.81. The van der Waals surface area contributed by atoms with Crippen LogP contribution in [-0.4, -0.2) is 11.8 Å². The topological polar surface area (TPSA) is 58.2 Å². The van der Waals surface area contributed by atoms with E-state index in [1.807, 2.05) is 24.3 Å². The molecule has 4 rings (SSSR count). The summed E-state index contributed by atoms with van der Waals surface area (Å²) >= 11 is 0. The lowest BCUT2D eigenvalue weighted by molar-refractivity contribution is -0.118. The van der Waals surface area contributed by atoms with Crippen molar-refractivity contribution in [2.75, 3.05) is 10.6 Å². The first-order chi connectivity index (χ1) is 14.1. The second-order valence-electron chi connectivity index (χ2n) is 10.4. The first-order valence-corrected chi connectivity index (χ1v) is 10.9. The Morgan fingerprint density at radius 3 is 1.27 bits per heavy atom.